The lowest BCUT2D eigenvalue weighted by molar-refractivity contribution is 0.660. The third kappa shape index (κ3) is 10.9. The summed E-state index contributed by atoms with van der Waals surface area (Å²) in [6.07, 6.45) is 0. The van der Waals surface area contributed by atoms with E-state index >= 15 is 0 Å². The van der Waals surface area contributed by atoms with E-state index in [4.69, 9.17) is 4.98 Å². The van der Waals surface area contributed by atoms with E-state index in [1.54, 1.807) is 0 Å². The van der Waals surface area contributed by atoms with Crippen LogP contribution in [0.2, 0.25) is 0 Å². The Balaban J connectivity index is 0.602. The van der Waals surface area contributed by atoms with Gasteiger partial charge in [-0.15, -0.1) is 0 Å². The maximum Gasteiger partial charge on any atom is 0.165 e. The Hall–Kier alpha value is -16.4. The highest BCUT2D eigenvalue weighted by Crippen LogP contribution is 2.59. The summed E-state index contributed by atoms with van der Waals surface area (Å²) in [4.78, 5) is 10.6. The molecule has 24 aromatic rings. The monoisotopic (exact) mass is 1630 g/mol. The molecule has 602 valence electrons. The largest absolute Gasteiger partial charge is 0.310 e. The van der Waals surface area contributed by atoms with Gasteiger partial charge in [-0.3, -0.25) is 8.97 Å². The summed E-state index contributed by atoms with van der Waals surface area (Å²) < 4.78 is 9.77. The van der Waals surface area contributed by atoms with Gasteiger partial charge in [0.15, 0.2) is 5.65 Å². The molecule has 0 amide bonds. The molecule has 6 heterocycles. The smallest absolute Gasteiger partial charge is 0.165 e. The fraction of sp³-hybridized carbons (Fsp3) is 0.0496. The van der Waals surface area contributed by atoms with Crippen molar-refractivity contribution in [3.63, 3.8) is 0 Å². The Bertz CT molecular complexity index is 8730. The number of aromatic nitrogens is 5. The Kier molecular flexibility index (Phi) is 16.1. The van der Waals surface area contributed by atoms with Gasteiger partial charge in [0.25, 0.3) is 0 Å². The van der Waals surface area contributed by atoms with Crippen LogP contribution in [0, 0.1) is 0 Å². The quantitative estimate of drug-likeness (QED) is 0.108. The number of para-hydroxylation sites is 6. The van der Waals surface area contributed by atoms with Gasteiger partial charge in [0.2, 0.25) is 0 Å². The van der Waals surface area contributed by atoms with Crippen molar-refractivity contribution in [3.05, 3.63) is 453 Å². The minimum absolute atomic E-state index is 0.151. The van der Waals surface area contributed by atoms with Gasteiger partial charge in [0.05, 0.1) is 55.7 Å². The van der Waals surface area contributed by atoms with Crippen molar-refractivity contribution in [1.82, 2.24) is 22.9 Å². The van der Waals surface area contributed by atoms with Gasteiger partial charge in [-0.05, 0) is 228 Å². The van der Waals surface area contributed by atoms with Crippen LogP contribution in [0.4, 0.5) is 34.1 Å². The second-order valence-corrected chi connectivity index (χ2v) is 35.7. The maximum absolute atomic E-state index is 5.62. The summed E-state index contributed by atoms with van der Waals surface area (Å²) in [6.45, 7) is 9.56. The van der Waals surface area contributed by atoms with E-state index in [9.17, 15) is 0 Å². The predicted octanol–water partition coefficient (Wildman–Crippen LogP) is 32.3. The van der Waals surface area contributed by atoms with Crippen molar-refractivity contribution < 1.29 is 0 Å². The number of nitrogens with zero attached hydrogens (tertiary/aromatic N) is 7. The van der Waals surface area contributed by atoms with Gasteiger partial charge in [0, 0.05) is 88.3 Å². The van der Waals surface area contributed by atoms with Gasteiger partial charge < -0.3 is 18.8 Å². The van der Waals surface area contributed by atoms with Gasteiger partial charge in [0.1, 0.15) is 11.2 Å². The molecule has 7 nitrogen and oxygen atoms in total. The number of benzene rings is 18. The third-order valence-corrected chi connectivity index (χ3v) is 28.1. The molecule has 2 aliphatic rings. The molecule has 0 aliphatic heterocycles. The van der Waals surface area contributed by atoms with E-state index in [-0.39, 0.29) is 10.8 Å². The van der Waals surface area contributed by atoms with E-state index in [2.05, 4.69) is 486 Å². The van der Waals surface area contributed by atoms with Crippen molar-refractivity contribution >= 4 is 133 Å². The number of pyridine rings is 2. The standard InChI is InChI=1S/C121H83N7/c1-120(2)101-45-21-14-41-95(101)114-103(120)47-29-53-110(114)123(86-62-54-77(55-63-86)76-30-8-5-9-31-76)87-64-56-78(57-65-87)82-60-68-93-99(71-82)91-39-17-24-49-106(91)127-111(93)75-113-116(127)97-43-19-26-51-108(97)125(113)89-37-28-34-81(70-89)84-73-104-115(96-42-15-22-46-102(96)121(104,3)4)112(74-84)124(105-48-23-16-38-90(105)80-32-10-6-11-33-80)88-66-58-79(59-67-88)83-61-69-94-100(72-83)92-40-18-25-50-107(92)128-117-98-44-20-27-52-109(98)126(119(117)122-118(94)128)85-35-12-7-13-36-85/h5-75H,1-4H3. The minimum Gasteiger partial charge on any atom is -0.310 e. The molecule has 26 rings (SSSR count). The summed E-state index contributed by atoms with van der Waals surface area (Å²) in [5.74, 6) is 0. The molecule has 0 saturated heterocycles. The van der Waals surface area contributed by atoms with E-state index in [0.717, 1.165) is 145 Å². The summed E-state index contributed by atoms with van der Waals surface area (Å²) in [5.41, 5.74) is 41.2. The van der Waals surface area contributed by atoms with Crippen LogP contribution in [-0.2, 0) is 10.8 Å². The number of fused-ring (bicyclic) bond motifs is 26. The van der Waals surface area contributed by atoms with Gasteiger partial charge in [-0.25, -0.2) is 4.98 Å². The molecule has 6 aromatic heterocycles. The molecular weight excluding hydrogens is 1550 g/mol. The van der Waals surface area contributed by atoms with E-state index in [1.807, 2.05) is 0 Å². The summed E-state index contributed by atoms with van der Waals surface area (Å²) in [7, 11) is 0. The van der Waals surface area contributed by atoms with E-state index in [0.29, 0.717) is 0 Å². The zero-order valence-corrected chi connectivity index (χ0v) is 71.1. The number of imidazole rings is 1. The lowest BCUT2D eigenvalue weighted by atomic mass is 9.81. The molecule has 0 fully saturated rings. The molecule has 0 atom stereocenters. The molecular formula is C121H83N7. The molecule has 0 N–H and O–H groups in total. The van der Waals surface area contributed by atoms with Crippen molar-refractivity contribution in [2.24, 2.45) is 0 Å². The first-order chi connectivity index (χ1) is 63.0. The second-order valence-electron chi connectivity index (χ2n) is 35.7. The fourth-order valence-corrected chi connectivity index (χ4v) is 22.1. The average molecular weight is 1640 g/mol. The number of hydrogen-bond donors (Lipinski definition) is 0. The zero-order valence-electron chi connectivity index (χ0n) is 71.1. The van der Waals surface area contributed by atoms with Gasteiger partial charge in [-0.1, -0.05) is 325 Å². The Morgan fingerprint density at radius 3 is 1.27 bits per heavy atom. The number of rotatable bonds is 13. The fourth-order valence-electron chi connectivity index (χ4n) is 22.1. The van der Waals surface area contributed by atoms with Crippen LogP contribution in [0.15, 0.2) is 431 Å². The van der Waals surface area contributed by atoms with Crippen LogP contribution in [0.1, 0.15) is 49.9 Å². The molecule has 0 bridgehead atoms. The van der Waals surface area contributed by atoms with Gasteiger partial charge in [-0.2, -0.15) is 0 Å². The van der Waals surface area contributed by atoms with Crippen LogP contribution < -0.4 is 9.80 Å². The van der Waals surface area contributed by atoms with Crippen molar-refractivity contribution in [2.75, 3.05) is 9.80 Å². The number of anilines is 6. The minimum atomic E-state index is -0.350. The summed E-state index contributed by atoms with van der Waals surface area (Å²) >= 11 is 0. The van der Waals surface area contributed by atoms with Crippen molar-refractivity contribution in [3.8, 4) is 89.3 Å². The van der Waals surface area contributed by atoms with E-state index < -0.39 is 0 Å². The highest BCUT2D eigenvalue weighted by molar-refractivity contribution is 6.22. The first-order valence-corrected chi connectivity index (χ1v) is 44.5. The summed E-state index contributed by atoms with van der Waals surface area (Å²) in [5, 5.41) is 9.41. The predicted molar refractivity (Wildman–Crippen MR) is 537 cm³/mol. The normalized spacial score (nSPS) is 13.1. The van der Waals surface area contributed by atoms with Crippen molar-refractivity contribution in [2.45, 2.75) is 38.5 Å². The van der Waals surface area contributed by atoms with E-state index in [1.165, 1.54) is 99.2 Å². The Morgan fingerprint density at radius 1 is 0.211 bits per heavy atom. The molecule has 18 aromatic carbocycles. The van der Waals surface area contributed by atoms with Crippen LogP contribution in [0.5, 0.6) is 0 Å². The van der Waals surface area contributed by atoms with Gasteiger partial charge >= 0.3 is 0 Å². The highest BCUT2D eigenvalue weighted by Gasteiger charge is 2.41. The highest BCUT2D eigenvalue weighted by atomic mass is 15.2. The Labute approximate surface area is 741 Å². The van der Waals surface area contributed by atoms with Crippen LogP contribution in [0.3, 0.4) is 0 Å². The second kappa shape index (κ2) is 28.1. The van der Waals surface area contributed by atoms with Crippen molar-refractivity contribution in [1.29, 1.82) is 0 Å². The maximum atomic E-state index is 5.62. The Morgan fingerprint density at radius 2 is 0.633 bits per heavy atom. The first-order valence-electron chi connectivity index (χ1n) is 44.5. The topological polar surface area (TPSA) is 38.1 Å². The zero-order chi connectivity index (χ0) is 84.8. The molecule has 0 spiro atoms. The molecule has 0 saturated carbocycles. The average Bonchev–Trinajstić information content (AvgIpc) is 1.43. The first kappa shape index (κ1) is 73.2. The summed E-state index contributed by atoms with van der Waals surface area (Å²) in [6, 6.07) is 160. The molecule has 0 unspecified atom stereocenters. The molecule has 0 radical (unpaired) electrons. The molecule has 128 heavy (non-hydrogen) atoms. The number of hydrogen-bond acceptors (Lipinski definition) is 3. The van der Waals surface area contributed by atoms with Crippen LogP contribution in [-0.4, -0.2) is 22.9 Å². The lowest BCUT2D eigenvalue weighted by Gasteiger charge is -2.31. The lowest BCUT2D eigenvalue weighted by Crippen LogP contribution is -2.16. The third-order valence-electron chi connectivity index (χ3n) is 28.1. The molecule has 7 heteroatoms. The molecule has 2 aliphatic carbocycles. The van der Waals surface area contributed by atoms with Crippen LogP contribution >= 0.6 is 0 Å². The SMILES string of the molecule is CC1(C)c2ccccc2-c2c(N(c3ccc(-c4ccccc4)cc3)c3ccc(-c4ccc5c(c4)c4ccccc4n4c5cc5c4c4ccccc4n5-c4cccc(-c5cc(N(c6ccc(-c7ccc8c(c7)c7ccccc7n7c8nc8c7c7ccccc7n8-c7ccccc7)cc6)c6ccccc6-c6ccccc6)c6c(c5)C(C)(C)c5ccccc5-6)c4)cc3)cccc21. The van der Waals surface area contributed by atoms with Crippen LogP contribution in [0.25, 0.3) is 188 Å².